The number of allylic oxidation sites excluding steroid dienone is 3. The van der Waals surface area contributed by atoms with Crippen LogP contribution in [0.15, 0.2) is 24.3 Å². The van der Waals surface area contributed by atoms with Gasteiger partial charge in [-0.2, -0.15) is 0 Å². The van der Waals surface area contributed by atoms with Crippen LogP contribution in [0.3, 0.4) is 0 Å². The highest BCUT2D eigenvalue weighted by Crippen LogP contribution is 2.18. The van der Waals surface area contributed by atoms with E-state index < -0.39 is 12.1 Å². The molecule has 0 heterocycles. The molecule has 0 aliphatic carbocycles. The van der Waals surface area contributed by atoms with Crippen molar-refractivity contribution in [1.29, 1.82) is 0 Å². The summed E-state index contributed by atoms with van der Waals surface area (Å²) in [4.78, 5) is 24.5. The molecular formula is C65H125NO5. The highest BCUT2D eigenvalue weighted by atomic mass is 16.5. The van der Waals surface area contributed by atoms with Crippen molar-refractivity contribution in [3.63, 3.8) is 0 Å². The van der Waals surface area contributed by atoms with Crippen LogP contribution in [0.5, 0.6) is 0 Å². The lowest BCUT2D eigenvalue weighted by Gasteiger charge is -2.20. The molecule has 3 N–H and O–H groups in total. The fourth-order valence-corrected chi connectivity index (χ4v) is 10.0. The lowest BCUT2D eigenvalue weighted by molar-refractivity contribution is -0.143. The van der Waals surface area contributed by atoms with Crippen molar-refractivity contribution < 1.29 is 24.5 Å². The number of carbonyl (C=O) groups is 2. The topological polar surface area (TPSA) is 95.9 Å². The molecule has 1 amide bonds. The zero-order valence-corrected chi connectivity index (χ0v) is 48.0. The molecule has 0 bridgehead atoms. The summed E-state index contributed by atoms with van der Waals surface area (Å²) in [5.74, 6) is -0.0539. The first-order valence-electron chi connectivity index (χ1n) is 32.1. The molecule has 6 heteroatoms. The Morgan fingerprint density at radius 1 is 0.380 bits per heavy atom. The van der Waals surface area contributed by atoms with Gasteiger partial charge in [0.2, 0.25) is 5.91 Å². The predicted molar refractivity (Wildman–Crippen MR) is 310 cm³/mol. The van der Waals surface area contributed by atoms with E-state index in [-0.39, 0.29) is 18.5 Å². The van der Waals surface area contributed by atoms with Gasteiger partial charge in [0, 0.05) is 12.8 Å². The second kappa shape index (κ2) is 60.9. The van der Waals surface area contributed by atoms with Crippen molar-refractivity contribution in [2.24, 2.45) is 0 Å². The molecule has 0 saturated carbocycles. The van der Waals surface area contributed by atoms with Gasteiger partial charge >= 0.3 is 5.97 Å². The van der Waals surface area contributed by atoms with Gasteiger partial charge in [0.25, 0.3) is 0 Å². The Bertz CT molecular complexity index is 1110. The predicted octanol–water partition coefficient (Wildman–Crippen LogP) is 20.2. The minimum atomic E-state index is -0.840. The SMILES string of the molecule is CCCCCC/C=C\CCCCCCCC(=O)OCCCCCCCCCCCCCCCCCCCCCCCCCCCCCCCC(=O)NC(CO)C(O)/C=C/CCCCCCCCCCCC. The van der Waals surface area contributed by atoms with Gasteiger partial charge in [0.1, 0.15) is 0 Å². The van der Waals surface area contributed by atoms with E-state index in [1.54, 1.807) is 6.08 Å². The zero-order valence-electron chi connectivity index (χ0n) is 48.0. The standard InChI is InChI=1S/C65H125NO5/c1-3-5-7-9-11-13-15-34-39-43-47-51-55-59-65(70)71-60-56-52-48-44-40-36-33-31-29-27-25-23-21-19-17-18-20-22-24-26-28-30-32-35-38-42-46-50-54-58-64(69)66-62(61-67)63(68)57-53-49-45-41-37-16-14-12-10-8-6-4-2/h13,15,53,57,62-63,67-68H,3-12,14,16-52,54-56,58-61H2,1-2H3,(H,66,69)/b15-13-,57-53+. The van der Waals surface area contributed by atoms with Crippen molar-refractivity contribution in [3.8, 4) is 0 Å². The van der Waals surface area contributed by atoms with Gasteiger partial charge in [-0.25, -0.2) is 0 Å². The number of aliphatic hydroxyl groups excluding tert-OH is 2. The van der Waals surface area contributed by atoms with Crippen LogP contribution < -0.4 is 5.32 Å². The number of ether oxygens (including phenoxy) is 1. The van der Waals surface area contributed by atoms with Gasteiger partial charge in [0.15, 0.2) is 0 Å². The van der Waals surface area contributed by atoms with Gasteiger partial charge in [-0.1, -0.05) is 308 Å². The van der Waals surface area contributed by atoms with E-state index in [1.807, 2.05) is 6.08 Å². The maximum Gasteiger partial charge on any atom is 0.305 e. The highest BCUT2D eigenvalue weighted by molar-refractivity contribution is 5.76. The summed E-state index contributed by atoms with van der Waals surface area (Å²) >= 11 is 0. The first kappa shape index (κ1) is 69.3. The van der Waals surface area contributed by atoms with E-state index in [2.05, 4.69) is 31.3 Å². The van der Waals surface area contributed by atoms with Crippen LogP contribution in [0, 0.1) is 0 Å². The van der Waals surface area contributed by atoms with E-state index in [1.165, 1.54) is 283 Å². The maximum absolute atomic E-state index is 12.4. The summed E-state index contributed by atoms with van der Waals surface area (Å²) in [6.45, 7) is 4.90. The van der Waals surface area contributed by atoms with Crippen LogP contribution in [-0.2, 0) is 14.3 Å². The Labute approximate surface area is 443 Å². The Morgan fingerprint density at radius 2 is 0.662 bits per heavy atom. The summed E-state index contributed by atoms with van der Waals surface area (Å²) in [5, 5.41) is 23.1. The monoisotopic (exact) mass is 1000 g/mol. The molecule has 0 saturated heterocycles. The van der Waals surface area contributed by atoms with Crippen LogP contribution in [0.4, 0.5) is 0 Å². The van der Waals surface area contributed by atoms with E-state index in [0.717, 1.165) is 44.9 Å². The summed E-state index contributed by atoms with van der Waals surface area (Å²) in [6, 6.07) is -0.623. The molecule has 0 aromatic carbocycles. The zero-order chi connectivity index (χ0) is 51.4. The normalized spacial score (nSPS) is 12.7. The average molecular weight is 1000 g/mol. The molecule has 0 aromatic heterocycles. The smallest absolute Gasteiger partial charge is 0.305 e. The van der Waals surface area contributed by atoms with Gasteiger partial charge in [-0.3, -0.25) is 9.59 Å². The summed E-state index contributed by atoms with van der Waals surface area (Å²) in [7, 11) is 0. The number of unbranched alkanes of at least 4 members (excludes halogenated alkanes) is 47. The van der Waals surface area contributed by atoms with Gasteiger partial charge in [-0.05, 0) is 57.8 Å². The van der Waals surface area contributed by atoms with E-state index >= 15 is 0 Å². The van der Waals surface area contributed by atoms with E-state index in [4.69, 9.17) is 4.74 Å². The largest absolute Gasteiger partial charge is 0.466 e. The second-order valence-corrected chi connectivity index (χ2v) is 22.1. The molecule has 0 aromatic rings. The number of rotatable bonds is 60. The first-order valence-corrected chi connectivity index (χ1v) is 32.1. The van der Waals surface area contributed by atoms with Gasteiger partial charge in [-0.15, -0.1) is 0 Å². The number of hydrogen-bond acceptors (Lipinski definition) is 5. The van der Waals surface area contributed by atoms with Crippen LogP contribution in [0.2, 0.25) is 0 Å². The minimum absolute atomic E-state index is 0.0100. The number of amides is 1. The summed E-state index contributed by atoms with van der Waals surface area (Å²) in [6.07, 6.45) is 75.3. The van der Waals surface area contributed by atoms with Gasteiger partial charge in [0.05, 0.1) is 25.4 Å². The molecule has 2 atom stereocenters. The Kier molecular flexibility index (Phi) is 59.5. The molecule has 2 unspecified atom stereocenters. The van der Waals surface area contributed by atoms with Gasteiger partial charge < -0.3 is 20.3 Å². The van der Waals surface area contributed by atoms with Crippen LogP contribution in [-0.4, -0.2) is 47.4 Å². The van der Waals surface area contributed by atoms with Crippen molar-refractivity contribution >= 4 is 11.9 Å². The summed E-state index contributed by atoms with van der Waals surface area (Å²) < 4.78 is 5.48. The number of aliphatic hydroxyl groups is 2. The molecule has 0 aliphatic heterocycles. The van der Waals surface area contributed by atoms with Crippen molar-refractivity contribution in [2.75, 3.05) is 13.2 Å². The van der Waals surface area contributed by atoms with E-state index in [0.29, 0.717) is 19.4 Å². The van der Waals surface area contributed by atoms with Crippen molar-refractivity contribution in [1.82, 2.24) is 5.32 Å². The Morgan fingerprint density at radius 3 is 1.01 bits per heavy atom. The van der Waals surface area contributed by atoms with Crippen LogP contribution >= 0.6 is 0 Å². The molecule has 420 valence electrons. The average Bonchev–Trinajstić information content (AvgIpc) is 3.37. The molecule has 0 aliphatic rings. The highest BCUT2D eigenvalue weighted by Gasteiger charge is 2.18. The fraction of sp³-hybridized carbons (Fsp3) is 0.908. The van der Waals surface area contributed by atoms with Crippen molar-refractivity contribution in [3.05, 3.63) is 24.3 Å². The molecule has 0 spiro atoms. The van der Waals surface area contributed by atoms with Crippen LogP contribution in [0.1, 0.15) is 354 Å². The third-order valence-electron chi connectivity index (χ3n) is 15.0. The number of esters is 1. The lowest BCUT2D eigenvalue weighted by Crippen LogP contribution is -2.45. The minimum Gasteiger partial charge on any atom is -0.466 e. The summed E-state index contributed by atoms with van der Waals surface area (Å²) in [5.41, 5.74) is 0. The second-order valence-electron chi connectivity index (χ2n) is 22.1. The van der Waals surface area contributed by atoms with Crippen LogP contribution in [0.25, 0.3) is 0 Å². The quantitative estimate of drug-likeness (QED) is 0.0320. The third-order valence-corrected chi connectivity index (χ3v) is 15.0. The lowest BCUT2D eigenvalue weighted by atomic mass is 10.0. The number of nitrogens with one attached hydrogen (secondary N) is 1. The Balaban J connectivity index is 3.33. The van der Waals surface area contributed by atoms with E-state index in [9.17, 15) is 19.8 Å². The molecule has 0 radical (unpaired) electrons. The number of carbonyl (C=O) groups excluding carboxylic acids is 2. The molecule has 0 fully saturated rings. The Hall–Kier alpha value is -1.66. The molecule has 0 rings (SSSR count). The third kappa shape index (κ3) is 57.5. The molecule has 71 heavy (non-hydrogen) atoms. The first-order chi connectivity index (χ1) is 35.0. The number of hydrogen-bond donors (Lipinski definition) is 3. The van der Waals surface area contributed by atoms with Crippen molar-refractivity contribution in [2.45, 2.75) is 366 Å². The maximum atomic E-state index is 12.4. The molecular weight excluding hydrogens is 875 g/mol. The molecule has 6 nitrogen and oxygen atoms in total. The fourth-order valence-electron chi connectivity index (χ4n) is 10.0.